The summed E-state index contributed by atoms with van der Waals surface area (Å²) < 4.78 is 27.8. The molecule has 100 valence electrons. The number of hydrogen-bond acceptors (Lipinski definition) is 3. The molecule has 0 fully saturated rings. The highest BCUT2D eigenvalue weighted by Crippen LogP contribution is 2.37. The molecule has 0 aliphatic heterocycles. The SMILES string of the molecule is C=C(C)CCOc1ccc(S(=O)(=O)Cl)c(Cl)c1Cl. The topological polar surface area (TPSA) is 43.4 Å². The van der Waals surface area contributed by atoms with Gasteiger partial charge in [0.15, 0.2) is 0 Å². The van der Waals surface area contributed by atoms with Crippen LogP contribution in [0, 0.1) is 0 Å². The molecule has 3 nitrogen and oxygen atoms in total. The average molecular weight is 330 g/mol. The molecule has 0 saturated heterocycles. The normalized spacial score (nSPS) is 11.3. The van der Waals surface area contributed by atoms with Crippen LogP contribution in [0.25, 0.3) is 0 Å². The molecule has 1 rings (SSSR count). The second-order valence-electron chi connectivity index (χ2n) is 3.68. The number of halogens is 3. The van der Waals surface area contributed by atoms with E-state index in [1.807, 2.05) is 6.92 Å². The fourth-order valence-corrected chi connectivity index (χ4v) is 2.94. The molecule has 0 spiro atoms. The molecule has 0 bridgehead atoms. The third-order valence-electron chi connectivity index (χ3n) is 2.06. The Morgan fingerprint density at radius 2 is 1.94 bits per heavy atom. The quantitative estimate of drug-likeness (QED) is 0.598. The van der Waals surface area contributed by atoms with Crippen LogP contribution in [-0.2, 0) is 9.05 Å². The lowest BCUT2D eigenvalue weighted by Gasteiger charge is -2.10. The van der Waals surface area contributed by atoms with E-state index in [1.165, 1.54) is 12.1 Å². The van der Waals surface area contributed by atoms with Crippen molar-refractivity contribution in [3.05, 3.63) is 34.3 Å². The van der Waals surface area contributed by atoms with Crippen molar-refractivity contribution in [1.29, 1.82) is 0 Å². The van der Waals surface area contributed by atoms with Crippen molar-refractivity contribution >= 4 is 42.9 Å². The Bertz CT molecular complexity index is 567. The van der Waals surface area contributed by atoms with Gasteiger partial charge in [0.05, 0.1) is 11.6 Å². The predicted molar refractivity (Wildman–Crippen MR) is 74.4 cm³/mol. The maximum absolute atomic E-state index is 11.2. The Hall–Kier alpha value is -0.420. The van der Waals surface area contributed by atoms with Crippen LogP contribution in [-0.4, -0.2) is 15.0 Å². The zero-order valence-corrected chi connectivity index (χ0v) is 12.6. The zero-order chi connectivity index (χ0) is 13.9. The van der Waals surface area contributed by atoms with E-state index in [2.05, 4.69) is 6.58 Å². The largest absolute Gasteiger partial charge is 0.492 e. The lowest BCUT2D eigenvalue weighted by molar-refractivity contribution is 0.322. The van der Waals surface area contributed by atoms with Crippen LogP contribution in [0.2, 0.25) is 10.0 Å². The van der Waals surface area contributed by atoms with E-state index in [9.17, 15) is 8.42 Å². The summed E-state index contributed by atoms with van der Waals surface area (Å²) in [4.78, 5) is -0.233. The van der Waals surface area contributed by atoms with Gasteiger partial charge in [-0.15, -0.1) is 6.58 Å². The first-order valence-electron chi connectivity index (χ1n) is 4.93. The summed E-state index contributed by atoms with van der Waals surface area (Å²) in [6.07, 6.45) is 0.670. The van der Waals surface area contributed by atoms with Gasteiger partial charge in [0.2, 0.25) is 0 Å². The summed E-state index contributed by atoms with van der Waals surface area (Å²) >= 11 is 11.7. The fourth-order valence-electron chi connectivity index (χ4n) is 1.15. The molecule has 0 atom stereocenters. The van der Waals surface area contributed by atoms with Crippen molar-refractivity contribution in [2.45, 2.75) is 18.2 Å². The van der Waals surface area contributed by atoms with Gasteiger partial charge in [0.1, 0.15) is 15.7 Å². The van der Waals surface area contributed by atoms with Crippen molar-refractivity contribution in [1.82, 2.24) is 0 Å². The minimum atomic E-state index is -3.92. The molecule has 7 heteroatoms. The Kier molecular flexibility index (Phi) is 5.34. The maximum Gasteiger partial charge on any atom is 0.262 e. The van der Waals surface area contributed by atoms with E-state index in [1.54, 1.807) is 0 Å². The van der Waals surface area contributed by atoms with E-state index >= 15 is 0 Å². The molecule has 0 aliphatic carbocycles. The third kappa shape index (κ3) is 4.05. The average Bonchev–Trinajstić information content (AvgIpc) is 2.22. The lowest BCUT2D eigenvalue weighted by atomic mass is 10.2. The van der Waals surface area contributed by atoms with Crippen molar-refractivity contribution in [2.24, 2.45) is 0 Å². The van der Waals surface area contributed by atoms with Crippen molar-refractivity contribution in [3.63, 3.8) is 0 Å². The van der Waals surface area contributed by atoms with Gasteiger partial charge in [-0.2, -0.15) is 0 Å². The summed E-state index contributed by atoms with van der Waals surface area (Å²) in [6, 6.07) is 2.68. The molecule has 0 radical (unpaired) electrons. The van der Waals surface area contributed by atoms with Gasteiger partial charge < -0.3 is 4.74 Å². The molecule has 1 aromatic rings. The molecule has 0 aromatic heterocycles. The van der Waals surface area contributed by atoms with Crippen LogP contribution in [0.1, 0.15) is 13.3 Å². The Balaban J connectivity index is 2.98. The highest BCUT2D eigenvalue weighted by atomic mass is 35.7. The molecule has 0 amide bonds. The van der Waals surface area contributed by atoms with Gasteiger partial charge >= 0.3 is 0 Å². The number of hydrogen-bond donors (Lipinski definition) is 0. The zero-order valence-electron chi connectivity index (χ0n) is 9.54. The monoisotopic (exact) mass is 328 g/mol. The molecule has 1 aromatic carbocycles. The van der Waals surface area contributed by atoms with Gasteiger partial charge in [-0.3, -0.25) is 0 Å². The molecular formula is C11H11Cl3O3S. The van der Waals surface area contributed by atoms with Crippen LogP contribution in [0.4, 0.5) is 0 Å². The van der Waals surface area contributed by atoms with Gasteiger partial charge in [0, 0.05) is 17.1 Å². The third-order valence-corrected chi connectivity index (χ3v) is 4.40. The van der Waals surface area contributed by atoms with Gasteiger partial charge in [-0.05, 0) is 19.1 Å². The van der Waals surface area contributed by atoms with E-state index in [-0.39, 0.29) is 14.9 Å². The van der Waals surface area contributed by atoms with Gasteiger partial charge in [-0.25, -0.2) is 8.42 Å². The number of ether oxygens (including phenoxy) is 1. The summed E-state index contributed by atoms with van der Waals surface area (Å²) in [6.45, 7) is 6.00. The highest BCUT2D eigenvalue weighted by Gasteiger charge is 2.19. The molecule has 18 heavy (non-hydrogen) atoms. The molecule has 0 unspecified atom stereocenters. The van der Waals surface area contributed by atoms with Crippen molar-refractivity contribution in [2.75, 3.05) is 6.61 Å². The first-order chi connectivity index (χ1) is 8.23. The Morgan fingerprint density at radius 3 is 2.44 bits per heavy atom. The Labute approximate surface area is 121 Å². The number of rotatable bonds is 5. The van der Waals surface area contributed by atoms with Crippen LogP contribution in [0.3, 0.4) is 0 Å². The lowest BCUT2D eigenvalue weighted by Crippen LogP contribution is -2.00. The summed E-state index contributed by atoms with van der Waals surface area (Å²) in [5, 5.41) is -0.111. The van der Waals surface area contributed by atoms with E-state index in [0.717, 1.165) is 5.57 Å². The first kappa shape index (κ1) is 15.6. The van der Waals surface area contributed by atoms with E-state index < -0.39 is 9.05 Å². The first-order valence-corrected chi connectivity index (χ1v) is 8.00. The summed E-state index contributed by atoms with van der Waals surface area (Å²) in [5.41, 5.74) is 0.970. The van der Waals surface area contributed by atoms with Crippen LogP contribution in [0.5, 0.6) is 5.75 Å². The van der Waals surface area contributed by atoms with Crippen LogP contribution < -0.4 is 4.74 Å². The molecule has 0 N–H and O–H groups in total. The summed E-state index contributed by atoms with van der Waals surface area (Å²) in [7, 11) is 1.29. The van der Waals surface area contributed by atoms with E-state index in [0.29, 0.717) is 18.8 Å². The second kappa shape index (κ2) is 6.15. The highest BCUT2D eigenvalue weighted by molar-refractivity contribution is 8.13. The molecular weight excluding hydrogens is 319 g/mol. The Morgan fingerprint density at radius 1 is 1.33 bits per heavy atom. The molecule has 0 saturated carbocycles. The smallest absolute Gasteiger partial charge is 0.262 e. The van der Waals surface area contributed by atoms with Gasteiger partial charge in [-0.1, -0.05) is 28.8 Å². The molecule has 0 heterocycles. The van der Waals surface area contributed by atoms with Crippen LogP contribution >= 0.6 is 33.9 Å². The van der Waals surface area contributed by atoms with Gasteiger partial charge in [0.25, 0.3) is 9.05 Å². The standard InChI is InChI=1S/C11H11Cl3O3S/c1-7(2)5-6-17-8-3-4-9(18(14,15)16)11(13)10(8)12/h3-4H,1,5-6H2,2H3. The maximum atomic E-state index is 11.2. The predicted octanol–water partition coefficient (Wildman–Crippen LogP) is 4.27. The van der Waals surface area contributed by atoms with E-state index in [4.69, 9.17) is 38.6 Å². The second-order valence-corrected chi connectivity index (χ2v) is 6.97. The van der Waals surface area contributed by atoms with Crippen LogP contribution in [0.15, 0.2) is 29.2 Å². The fraction of sp³-hybridized carbons (Fsp3) is 0.273. The summed E-state index contributed by atoms with van der Waals surface area (Å²) in [5.74, 6) is 0.312. The molecule has 0 aliphatic rings. The minimum Gasteiger partial charge on any atom is -0.492 e. The van der Waals surface area contributed by atoms with Crippen molar-refractivity contribution < 1.29 is 13.2 Å². The van der Waals surface area contributed by atoms with Crippen molar-refractivity contribution in [3.8, 4) is 5.75 Å². The number of benzene rings is 1. The minimum absolute atomic E-state index is 0.0279.